The van der Waals surface area contributed by atoms with Gasteiger partial charge in [-0.3, -0.25) is 0 Å². The van der Waals surface area contributed by atoms with Gasteiger partial charge in [0, 0.05) is 6.54 Å². The van der Waals surface area contributed by atoms with Crippen LogP contribution in [0.3, 0.4) is 0 Å². The third-order valence-corrected chi connectivity index (χ3v) is 3.70. The smallest absolute Gasteiger partial charge is 0.329 e. The molecule has 1 saturated heterocycles. The molecule has 20 heavy (non-hydrogen) atoms. The molecule has 1 aromatic rings. The molecule has 2 heterocycles. The number of nitrogens with zero attached hydrogens (tertiary/aromatic N) is 2. The Bertz CT molecular complexity index is 527. The lowest BCUT2D eigenvalue weighted by Gasteiger charge is -2.31. The van der Waals surface area contributed by atoms with Gasteiger partial charge in [0.15, 0.2) is 0 Å². The van der Waals surface area contributed by atoms with Crippen molar-refractivity contribution >= 4 is 12.0 Å². The van der Waals surface area contributed by atoms with Crippen LogP contribution in [-0.2, 0) is 4.79 Å². The first-order valence-corrected chi connectivity index (χ1v) is 6.58. The highest BCUT2D eigenvalue weighted by molar-refractivity contribution is 5.86. The molecular formula is C13H19N3O4. The van der Waals surface area contributed by atoms with Gasteiger partial charge < -0.3 is 19.7 Å². The van der Waals surface area contributed by atoms with Crippen LogP contribution in [0.4, 0.5) is 4.79 Å². The number of carboxylic acid groups (broad SMARTS) is 1. The Hall–Kier alpha value is -2.05. The van der Waals surface area contributed by atoms with Crippen LogP contribution < -0.4 is 5.32 Å². The largest absolute Gasteiger partial charge is 0.480 e. The fourth-order valence-corrected chi connectivity index (χ4v) is 2.41. The van der Waals surface area contributed by atoms with Crippen molar-refractivity contribution in [2.24, 2.45) is 0 Å². The summed E-state index contributed by atoms with van der Waals surface area (Å²) >= 11 is 0. The zero-order chi connectivity index (χ0) is 14.9. The molecule has 2 rings (SSSR count). The zero-order valence-electron chi connectivity index (χ0n) is 11.8. The van der Waals surface area contributed by atoms with E-state index in [1.54, 1.807) is 27.0 Å². The molecule has 1 aliphatic heterocycles. The fraction of sp³-hybridized carbons (Fsp3) is 0.615. The summed E-state index contributed by atoms with van der Waals surface area (Å²) in [5, 5.41) is 12.0. The summed E-state index contributed by atoms with van der Waals surface area (Å²) in [5.41, 5.74) is -1.14. The van der Waals surface area contributed by atoms with Crippen LogP contribution in [0.1, 0.15) is 44.4 Å². The van der Waals surface area contributed by atoms with Gasteiger partial charge in [-0.2, -0.15) is 0 Å². The first-order chi connectivity index (χ1) is 9.34. The number of hydrogen-bond donors (Lipinski definition) is 2. The molecule has 0 aliphatic carbocycles. The van der Waals surface area contributed by atoms with Gasteiger partial charge in [0.1, 0.15) is 17.3 Å². The molecule has 2 amide bonds. The SMILES string of the molecule is Cc1cnc(C(C)NC(=O)N2CCCC2(C)C(=O)O)o1. The summed E-state index contributed by atoms with van der Waals surface area (Å²) in [5.74, 6) is 0.0921. The molecule has 0 spiro atoms. The van der Waals surface area contributed by atoms with Crippen LogP contribution in [0.15, 0.2) is 10.6 Å². The average Bonchev–Trinajstić information content (AvgIpc) is 2.96. The lowest BCUT2D eigenvalue weighted by molar-refractivity contribution is -0.147. The van der Waals surface area contributed by atoms with Crippen LogP contribution in [0, 0.1) is 6.92 Å². The Morgan fingerprint density at radius 2 is 2.30 bits per heavy atom. The fourth-order valence-electron chi connectivity index (χ4n) is 2.41. The van der Waals surface area contributed by atoms with Crippen molar-refractivity contribution in [3.8, 4) is 0 Å². The van der Waals surface area contributed by atoms with E-state index in [2.05, 4.69) is 10.3 Å². The van der Waals surface area contributed by atoms with E-state index >= 15 is 0 Å². The minimum Gasteiger partial charge on any atom is -0.480 e. The summed E-state index contributed by atoms with van der Waals surface area (Å²) in [6, 6.07) is -0.814. The van der Waals surface area contributed by atoms with Crippen molar-refractivity contribution in [1.29, 1.82) is 0 Å². The number of likely N-dealkylation sites (tertiary alicyclic amines) is 1. The van der Waals surface area contributed by atoms with Gasteiger partial charge in [-0.05, 0) is 33.6 Å². The van der Waals surface area contributed by atoms with Crippen LogP contribution >= 0.6 is 0 Å². The number of amides is 2. The van der Waals surface area contributed by atoms with Gasteiger partial charge in [-0.25, -0.2) is 14.6 Å². The maximum absolute atomic E-state index is 12.2. The monoisotopic (exact) mass is 281 g/mol. The molecule has 1 aliphatic rings. The highest BCUT2D eigenvalue weighted by Crippen LogP contribution is 2.29. The molecule has 1 fully saturated rings. The Morgan fingerprint density at radius 3 is 2.85 bits per heavy atom. The van der Waals surface area contributed by atoms with Crippen molar-refractivity contribution in [3.63, 3.8) is 0 Å². The van der Waals surface area contributed by atoms with Crippen molar-refractivity contribution < 1.29 is 19.1 Å². The van der Waals surface area contributed by atoms with Crippen LogP contribution in [0.25, 0.3) is 0 Å². The Morgan fingerprint density at radius 1 is 1.60 bits per heavy atom. The van der Waals surface area contributed by atoms with E-state index in [0.717, 1.165) is 0 Å². The highest BCUT2D eigenvalue weighted by atomic mass is 16.4. The highest BCUT2D eigenvalue weighted by Gasteiger charge is 2.46. The number of aromatic nitrogens is 1. The predicted octanol–water partition coefficient (Wildman–Crippen LogP) is 1.69. The van der Waals surface area contributed by atoms with E-state index < -0.39 is 23.6 Å². The summed E-state index contributed by atoms with van der Waals surface area (Å²) in [6.07, 6.45) is 2.72. The normalized spacial score (nSPS) is 23.6. The molecule has 7 heteroatoms. The van der Waals surface area contributed by atoms with Crippen LogP contribution in [0.2, 0.25) is 0 Å². The minimum atomic E-state index is -1.14. The summed E-state index contributed by atoms with van der Waals surface area (Å²) in [4.78, 5) is 29.0. The van der Waals surface area contributed by atoms with Gasteiger partial charge in [0.25, 0.3) is 0 Å². The van der Waals surface area contributed by atoms with Gasteiger partial charge in [0.2, 0.25) is 5.89 Å². The van der Waals surface area contributed by atoms with E-state index in [4.69, 9.17) is 4.42 Å². The number of carboxylic acids is 1. The number of carbonyl (C=O) groups excluding carboxylic acids is 1. The molecule has 2 unspecified atom stereocenters. The van der Waals surface area contributed by atoms with Crippen molar-refractivity contribution in [2.75, 3.05) is 6.54 Å². The number of rotatable bonds is 3. The molecule has 1 aromatic heterocycles. The third-order valence-electron chi connectivity index (χ3n) is 3.70. The van der Waals surface area contributed by atoms with Gasteiger partial charge in [0.05, 0.1) is 6.20 Å². The lowest BCUT2D eigenvalue weighted by Crippen LogP contribution is -2.54. The average molecular weight is 281 g/mol. The van der Waals surface area contributed by atoms with E-state index in [1.807, 2.05) is 0 Å². The van der Waals surface area contributed by atoms with Gasteiger partial charge >= 0.3 is 12.0 Å². The molecule has 0 bridgehead atoms. The zero-order valence-corrected chi connectivity index (χ0v) is 11.8. The molecule has 0 radical (unpaired) electrons. The summed E-state index contributed by atoms with van der Waals surface area (Å²) < 4.78 is 5.35. The second-order valence-corrected chi connectivity index (χ2v) is 5.31. The number of urea groups is 1. The summed E-state index contributed by atoms with van der Waals surface area (Å²) in [6.45, 7) is 5.53. The minimum absolute atomic E-state index is 0.407. The van der Waals surface area contributed by atoms with E-state index in [0.29, 0.717) is 31.0 Å². The van der Waals surface area contributed by atoms with Crippen molar-refractivity contribution in [1.82, 2.24) is 15.2 Å². The Balaban J connectivity index is 2.06. The van der Waals surface area contributed by atoms with Crippen molar-refractivity contribution in [2.45, 2.75) is 45.2 Å². The van der Waals surface area contributed by atoms with E-state index in [1.165, 1.54) is 4.90 Å². The molecule has 7 nitrogen and oxygen atoms in total. The maximum atomic E-state index is 12.2. The molecule has 110 valence electrons. The standard InChI is InChI=1S/C13H19N3O4/c1-8-7-14-10(20-8)9(2)15-12(19)16-6-4-5-13(16,3)11(17)18/h7,9H,4-6H2,1-3H3,(H,15,19)(H,17,18). The summed E-state index contributed by atoms with van der Waals surface area (Å²) in [7, 11) is 0. The Labute approximate surface area is 117 Å². The Kier molecular flexibility index (Phi) is 3.69. The number of carbonyl (C=O) groups is 2. The van der Waals surface area contributed by atoms with E-state index in [-0.39, 0.29) is 0 Å². The van der Waals surface area contributed by atoms with Crippen LogP contribution in [0.5, 0.6) is 0 Å². The number of oxazole rings is 1. The number of aliphatic carboxylic acids is 1. The molecule has 0 aromatic carbocycles. The molecular weight excluding hydrogens is 262 g/mol. The maximum Gasteiger partial charge on any atom is 0.329 e. The molecule has 0 saturated carbocycles. The first-order valence-electron chi connectivity index (χ1n) is 6.58. The lowest BCUT2D eigenvalue weighted by atomic mass is 10.00. The second kappa shape index (κ2) is 5.15. The van der Waals surface area contributed by atoms with Crippen molar-refractivity contribution in [3.05, 3.63) is 17.8 Å². The topological polar surface area (TPSA) is 95.7 Å². The van der Waals surface area contributed by atoms with Gasteiger partial charge in [-0.15, -0.1) is 0 Å². The predicted molar refractivity (Wildman–Crippen MR) is 70.2 cm³/mol. The van der Waals surface area contributed by atoms with E-state index in [9.17, 15) is 14.7 Å². The molecule has 2 atom stereocenters. The van der Waals surface area contributed by atoms with Gasteiger partial charge in [-0.1, -0.05) is 0 Å². The third kappa shape index (κ3) is 2.48. The van der Waals surface area contributed by atoms with Crippen LogP contribution in [-0.4, -0.2) is 39.1 Å². The quantitative estimate of drug-likeness (QED) is 0.879. The number of aryl methyl sites for hydroxylation is 1. The number of nitrogens with one attached hydrogen (secondary N) is 1. The number of hydrogen-bond acceptors (Lipinski definition) is 4. The molecule has 2 N–H and O–H groups in total. The second-order valence-electron chi connectivity index (χ2n) is 5.31. The first kappa shape index (κ1) is 14.4.